The largest absolute Gasteiger partial charge is 0.495 e. The number of pyridine rings is 1. The van der Waals surface area contributed by atoms with Gasteiger partial charge in [0.2, 0.25) is 5.91 Å². The van der Waals surface area contributed by atoms with Crippen LogP contribution in [0.15, 0.2) is 72.9 Å². The molecule has 0 bridgehead atoms. The van der Waals surface area contributed by atoms with Gasteiger partial charge in [0.25, 0.3) is 0 Å². The Bertz CT molecular complexity index is 1560. The van der Waals surface area contributed by atoms with E-state index in [-0.39, 0.29) is 30.1 Å². The first-order chi connectivity index (χ1) is 19.3. The van der Waals surface area contributed by atoms with Gasteiger partial charge < -0.3 is 24.8 Å². The van der Waals surface area contributed by atoms with Crippen molar-refractivity contribution < 1.29 is 13.9 Å². The molecular formula is C30H29ClFN5O2S. The summed E-state index contributed by atoms with van der Waals surface area (Å²) in [5.41, 5.74) is 4.81. The van der Waals surface area contributed by atoms with Crippen LogP contribution in [0.2, 0.25) is 5.02 Å². The van der Waals surface area contributed by atoms with Crippen LogP contribution >= 0.6 is 23.8 Å². The van der Waals surface area contributed by atoms with E-state index in [1.807, 2.05) is 49.1 Å². The Morgan fingerprint density at radius 2 is 1.93 bits per heavy atom. The summed E-state index contributed by atoms with van der Waals surface area (Å²) in [6.07, 6.45) is 1.87. The molecule has 4 aromatic rings. The Morgan fingerprint density at radius 3 is 2.65 bits per heavy atom. The number of carbonyl (C=O) groups is 1. The van der Waals surface area contributed by atoms with E-state index in [1.165, 1.54) is 12.1 Å². The predicted molar refractivity (Wildman–Crippen MR) is 159 cm³/mol. The smallest absolute Gasteiger partial charge is 0.226 e. The minimum Gasteiger partial charge on any atom is -0.495 e. The number of aryl methyl sites for hydroxylation is 1. The van der Waals surface area contributed by atoms with Gasteiger partial charge in [-0.25, -0.2) is 4.39 Å². The molecule has 1 fully saturated rings. The van der Waals surface area contributed by atoms with Crippen LogP contribution in [0, 0.1) is 19.7 Å². The molecule has 10 heteroatoms. The number of halogens is 2. The first-order valence-corrected chi connectivity index (χ1v) is 13.6. The Hall–Kier alpha value is -3.95. The first-order valence-electron chi connectivity index (χ1n) is 12.8. The molecule has 206 valence electrons. The zero-order valence-corrected chi connectivity index (χ0v) is 23.9. The van der Waals surface area contributed by atoms with Crippen LogP contribution in [-0.2, 0) is 4.79 Å². The number of amides is 1. The fraction of sp³-hybridized carbons (Fsp3) is 0.233. The number of benzene rings is 2. The molecular weight excluding hydrogens is 549 g/mol. The number of para-hydroxylation sites is 1. The number of aromatic nitrogens is 2. The van der Waals surface area contributed by atoms with Gasteiger partial charge in [0.05, 0.1) is 36.3 Å². The number of methoxy groups -OCH3 is 1. The standard InChI is InChI=1S/C30H29ClFN5O2S/c1-18-16-21(19(2)37(18)25-17-20(31)11-12-26(25)39-3)29-28(24-10-6-7-14-33-24)35-30(40)36(29)15-13-27(38)34-23-9-5-4-8-22(23)32/h4-12,14,16-17,28-29H,13,15H2,1-3H3,(H,34,38)(H,35,40)/t28-,29+/m1/s1. The molecule has 3 heterocycles. The fourth-order valence-corrected chi connectivity index (χ4v) is 5.78. The quantitative estimate of drug-likeness (QED) is 0.240. The van der Waals surface area contributed by atoms with Gasteiger partial charge in [0, 0.05) is 35.6 Å². The number of hydrogen-bond acceptors (Lipinski definition) is 4. The molecule has 1 saturated heterocycles. The van der Waals surface area contributed by atoms with Crippen LogP contribution in [-0.4, -0.2) is 39.1 Å². The summed E-state index contributed by atoms with van der Waals surface area (Å²) >= 11 is 12.2. The van der Waals surface area contributed by atoms with Crippen molar-refractivity contribution in [2.75, 3.05) is 19.0 Å². The average Bonchev–Trinajstić information content (AvgIpc) is 3.43. The molecule has 5 rings (SSSR count). The molecule has 2 aromatic heterocycles. The Kier molecular flexibility index (Phi) is 8.04. The van der Waals surface area contributed by atoms with E-state index in [1.54, 1.807) is 31.5 Å². The molecule has 0 saturated carbocycles. The van der Waals surface area contributed by atoms with Gasteiger partial charge in [0.15, 0.2) is 5.11 Å². The molecule has 2 aromatic carbocycles. The molecule has 0 aliphatic carbocycles. The van der Waals surface area contributed by atoms with Gasteiger partial charge in [-0.3, -0.25) is 9.78 Å². The normalized spacial score (nSPS) is 16.6. The molecule has 40 heavy (non-hydrogen) atoms. The van der Waals surface area contributed by atoms with Crippen molar-refractivity contribution in [1.29, 1.82) is 0 Å². The lowest BCUT2D eigenvalue weighted by Crippen LogP contribution is -2.33. The number of hydrogen-bond donors (Lipinski definition) is 2. The van der Waals surface area contributed by atoms with E-state index in [0.29, 0.717) is 22.4 Å². The highest BCUT2D eigenvalue weighted by molar-refractivity contribution is 7.80. The number of nitrogens with zero attached hydrogens (tertiary/aromatic N) is 3. The number of nitrogens with one attached hydrogen (secondary N) is 2. The zero-order valence-electron chi connectivity index (χ0n) is 22.3. The molecule has 7 nitrogen and oxygen atoms in total. The lowest BCUT2D eigenvalue weighted by atomic mass is 9.96. The fourth-order valence-electron chi connectivity index (χ4n) is 5.28. The summed E-state index contributed by atoms with van der Waals surface area (Å²) in [6.45, 7) is 4.40. The van der Waals surface area contributed by atoms with Gasteiger partial charge in [0.1, 0.15) is 11.6 Å². The van der Waals surface area contributed by atoms with Crippen LogP contribution in [0.1, 0.15) is 41.1 Å². The number of thiocarbonyl (C=S) groups is 1. The summed E-state index contributed by atoms with van der Waals surface area (Å²) < 4.78 is 21.9. The first kappa shape index (κ1) is 27.6. The Morgan fingerprint density at radius 1 is 1.15 bits per heavy atom. The van der Waals surface area contributed by atoms with E-state index in [9.17, 15) is 9.18 Å². The Labute approximate surface area is 242 Å². The number of carbonyl (C=O) groups excluding carboxylic acids is 1. The zero-order chi connectivity index (χ0) is 28.4. The van der Waals surface area contributed by atoms with Gasteiger partial charge >= 0.3 is 0 Å². The SMILES string of the molecule is COc1ccc(Cl)cc1-n1c(C)cc([C@H]2[C@@H](c3ccccn3)NC(=S)N2CCC(=O)Nc2ccccc2F)c1C. The second-order valence-electron chi connectivity index (χ2n) is 9.58. The summed E-state index contributed by atoms with van der Waals surface area (Å²) in [5, 5.41) is 7.21. The van der Waals surface area contributed by atoms with Crippen LogP contribution in [0.4, 0.5) is 10.1 Å². The maximum absolute atomic E-state index is 14.1. The second-order valence-corrected chi connectivity index (χ2v) is 10.4. The van der Waals surface area contributed by atoms with Crippen LogP contribution < -0.4 is 15.4 Å². The minimum atomic E-state index is -0.480. The number of anilines is 1. The highest BCUT2D eigenvalue weighted by atomic mass is 35.5. The van der Waals surface area contributed by atoms with E-state index in [0.717, 1.165) is 28.3 Å². The predicted octanol–water partition coefficient (Wildman–Crippen LogP) is 6.29. The van der Waals surface area contributed by atoms with Gasteiger partial charge in [-0.05, 0) is 80.2 Å². The maximum atomic E-state index is 14.1. The van der Waals surface area contributed by atoms with Crippen molar-refractivity contribution in [3.8, 4) is 11.4 Å². The van der Waals surface area contributed by atoms with E-state index in [2.05, 4.69) is 26.3 Å². The number of rotatable bonds is 8. The molecule has 0 spiro atoms. The second kappa shape index (κ2) is 11.7. The monoisotopic (exact) mass is 577 g/mol. The highest BCUT2D eigenvalue weighted by Crippen LogP contribution is 2.42. The van der Waals surface area contributed by atoms with Crippen LogP contribution in [0.25, 0.3) is 5.69 Å². The van der Waals surface area contributed by atoms with Gasteiger partial charge in [-0.2, -0.15) is 0 Å². The summed E-state index contributed by atoms with van der Waals surface area (Å²) in [5.74, 6) is -0.0889. The van der Waals surface area contributed by atoms with Crippen molar-refractivity contribution in [3.63, 3.8) is 0 Å². The van der Waals surface area contributed by atoms with Crippen molar-refractivity contribution >= 4 is 40.5 Å². The molecule has 0 unspecified atom stereocenters. The Balaban J connectivity index is 1.51. The van der Waals surface area contributed by atoms with Crippen molar-refractivity contribution in [1.82, 2.24) is 19.8 Å². The highest BCUT2D eigenvalue weighted by Gasteiger charge is 2.41. The third kappa shape index (κ3) is 5.39. The molecule has 2 N–H and O–H groups in total. The van der Waals surface area contributed by atoms with Crippen LogP contribution in [0.3, 0.4) is 0 Å². The van der Waals surface area contributed by atoms with Gasteiger partial charge in [-0.15, -0.1) is 0 Å². The maximum Gasteiger partial charge on any atom is 0.226 e. The lowest BCUT2D eigenvalue weighted by molar-refractivity contribution is -0.116. The summed E-state index contributed by atoms with van der Waals surface area (Å²) in [4.78, 5) is 19.4. The molecule has 1 aliphatic rings. The van der Waals surface area contributed by atoms with Crippen molar-refractivity contribution in [3.05, 3.63) is 106 Å². The van der Waals surface area contributed by atoms with Crippen molar-refractivity contribution in [2.45, 2.75) is 32.4 Å². The van der Waals surface area contributed by atoms with Gasteiger partial charge in [-0.1, -0.05) is 29.8 Å². The summed E-state index contributed by atoms with van der Waals surface area (Å²) in [6, 6.07) is 19.0. The summed E-state index contributed by atoms with van der Waals surface area (Å²) in [7, 11) is 1.63. The third-order valence-corrected chi connectivity index (χ3v) is 7.68. The lowest BCUT2D eigenvalue weighted by Gasteiger charge is -2.28. The van der Waals surface area contributed by atoms with Crippen molar-refractivity contribution in [2.24, 2.45) is 0 Å². The molecule has 1 aliphatic heterocycles. The topological polar surface area (TPSA) is 71.4 Å². The van der Waals surface area contributed by atoms with E-state index >= 15 is 0 Å². The average molecular weight is 578 g/mol. The minimum absolute atomic E-state index is 0.114. The molecule has 1 amide bonds. The molecule has 0 radical (unpaired) electrons. The number of ether oxygens (including phenoxy) is 1. The van der Waals surface area contributed by atoms with Crippen LogP contribution in [0.5, 0.6) is 5.75 Å². The third-order valence-electron chi connectivity index (χ3n) is 7.10. The van der Waals surface area contributed by atoms with E-state index in [4.69, 9.17) is 28.6 Å². The van der Waals surface area contributed by atoms with E-state index < -0.39 is 5.82 Å². The molecule has 2 atom stereocenters.